The Kier molecular flexibility index (Phi) is 6.04. The summed E-state index contributed by atoms with van der Waals surface area (Å²) in [5.74, 6) is 0.0590. The fourth-order valence-electron chi connectivity index (χ4n) is 2.07. The van der Waals surface area contributed by atoms with Crippen molar-refractivity contribution in [3.8, 4) is 0 Å². The van der Waals surface area contributed by atoms with Crippen LogP contribution in [0.25, 0.3) is 0 Å². The van der Waals surface area contributed by atoms with Gasteiger partial charge in [-0.15, -0.1) is 0 Å². The third kappa shape index (κ3) is 5.32. The number of carbonyl (C=O) groups excluding carboxylic acids is 1. The van der Waals surface area contributed by atoms with E-state index >= 15 is 0 Å². The molecule has 1 amide bonds. The highest BCUT2D eigenvalue weighted by Crippen LogP contribution is 2.13. The molecule has 2 N–H and O–H groups in total. The topological polar surface area (TPSA) is 78.5 Å². The van der Waals surface area contributed by atoms with E-state index in [4.69, 9.17) is 0 Å². The van der Waals surface area contributed by atoms with Crippen molar-refractivity contribution < 1.29 is 13.2 Å². The molecule has 1 fully saturated rings. The molecular weight excluding hydrogens is 254 g/mol. The van der Waals surface area contributed by atoms with E-state index in [0.717, 1.165) is 25.8 Å². The Hall–Kier alpha value is -0.660. The lowest BCUT2D eigenvalue weighted by Gasteiger charge is -2.30. The Labute approximate surface area is 109 Å². The zero-order valence-corrected chi connectivity index (χ0v) is 11.9. The fourth-order valence-corrected chi connectivity index (χ4v) is 2.95. The summed E-state index contributed by atoms with van der Waals surface area (Å²) in [4.78, 5) is 11.0. The predicted molar refractivity (Wildman–Crippen MR) is 70.7 cm³/mol. The van der Waals surface area contributed by atoms with Crippen molar-refractivity contribution in [1.82, 2.24) is 14.9 Å². The van der Waals surface area contributed by atoms with Crippen LogP contribution in [-0.2, 0) is 14.8 Å². The number of amides is 1. The second-order valence-electron chi connectivity index (χ2n) is 4.67. The summed E-state index contributed by atoms with van der Waals surface area (Å²) >= 11 is 0. The van der Waals surface area contributed by atoms with Crippen molar-refractivity contribution in [1.29, 1.82) is 0 Å². The van der Waals surface area contributed by atoms with Crippen LogP contribution >= 0.6 is 0 Å². The van der Waals surface area contributed by atoms with E-state index in [1.54, 1.807) is 7.05 Å². The average molecular weight is 277 g/mol. The molecule has 0 bridgehead atoms. The van der Waals surface area contributed by atoms with Gasteiger partial charge >= 0.3 is 0 Å². The molecule has 1 heterocycles. The molecule has 7 heteroatoms. The minimum Gasteiger partial charge on any atom is -0.359 e. The van der Waals surface area contributed by atoms with Gasteiger partial charge in [0, 0.05) is 32.6 Å². The molecule has 18 heavy (non-hydrogen) atoms. The van der Waals surface area contributed by atoms with Crippen LogP contribution in [-0.4, -0.2) is 57.6 Å². The lowest BCUT2D eigenvalue weighted by Crippen LogP contribution is -2.44. The highest BCUT2D eigenvalue weighted by molar-refractivity contribution is 7.88. The van der Waals surface area contributed by atoms with Gasteiger partial charge in [-0.3, -0.25) is 4.79 Å². The second-order valence-corrected chi connectivity index (χ2v) is 6.65. The lowest BCUT2D eigenvalue weighted by atomic mass is 10.1. The number of carbonyl (C=O) groups is 1. The Morgan fingerprint density at radius 3 is 2.44 bits per heavy atom. The van der Waals surface area contributed by atoms with Gasteiger partial charge in [-0.05, 0) is 25.8 Å². The standard InChI is InChI=1S/C11H23N3O3S/c1-12-11(15)4-3-7-13-10-5-8-14(9-6-10)18(2,16)17/h10,13H,3-9H2,1-2H3,(H,12,15). The second kappa shape index (κ2) is 7.06. The summed E-state index contributed by atoms with van der Waals surface area (Å²) in [5.41, 5.74) is 0. The van der Waals surface area contributed by atoms with Crippen LogP contribution in [0.3, 0.4) is 0 Å². The predicted octanol–water partition coefficient (Wildman–Crippen LogP) is -0.474. The van der Waals surface area contributed by atoms with Crippen LogP contribution in [0.5, 0.6) is 0 Å². The number of sulfonamides is 1. The molecule has 106 valence electrons. The smallest absolute Gasteiger partial charge is 0.219 e. The van der Waals surface area contributed by atoms with Gasteiger partial charge in [0.25, 0.3) is 0 Å². The maximum atomic E-state index is 11.3. The van der Waals surface area contributed by atoms with Crippen LogP contribution in [0.1, 0.15) is 25.7 Å². The normalized spacial score (nSPS) is 18.8. The molecule has 0 atom stereocenters. The van der Waals surface area contributed by atoms with Gasteiger partial charge < -0.3 is 10.6 Å². The molecule has 1 aliphatic rings. The van der Waals surface area contributed by atoms with Crippen molar-refractivity contribution in [2.45, 2.75) is 31.7 Å². The SMILES string of the molecule is CNC(=O)CCCNC1CCN(S(C)(=O)=O)CC1. The zero-order chi connectivity index (χ0) is 13.6. The fraction of sp³-hybridized carbons (Fsp3) is 0.909. The molecule has 1 rings (SSSR count). The summed E-state index contributed by atoms with van der Waals surface area (Å²) in [6.45, 7) is 1.98. The molecule has 0 saturated carbocycles. The molecule has 1 saturated heterocycles. The first-order chi connectivity index (χ1) is 8.43. The summed E-state index contributed by atoms with van der Waals surface area (Å²) in [5, 5.41) is 5.96. The van der Waals surface area contributed by atoms with Gasteiger partial charge in [0.15, 0.2) is 0 Å². The number of hydrogen-bond acceptors (Lipinski definition) is 4. The number of hydrogen-bond donors (Lipinski definition) is 2. The van der Waals surface area contributed by atoms with Gasteiger partial charge in [0.2, 0.25) is 15.9 Å². The molecule has 6 nitrogen and oxygen atoms in total. The van der Waals surface area contributed by atoms with Crippen molar-refractivity contribution in [2.24, 2.45) is 0 Å². The van der Waals surface area contributed by atoms with Gasteiger partial charge in [0.1, 0.15) is 0 Å². The summed E-state index contributed by atoms with van der Waals surface area (Å²) in [7, 11) is -1.40. The molecule has 1 aliphatic heterocycles. The minimum absolute atomic E-state index is 0.0590. The number of nitrogens with one attached hydrogen (secondary N) is 2. The van der Waals surface area contributed by atoms with Gasteiger partial charge in [-0.1, -0.05) is 0 Å². The monoisotopic (exact) mass is 277 g/mol. The minimum atomic E-state index is -3.04. The largest absolute Gasteiger partial charge is 0.359 e. The van der Waals surface area contributed by atoms with Crippen molar-refractivity contribution in [3.05, 3.63) is 0 Å². The van der Waals surface area contributed by atoms with E-state index in [-0.39, 0.29) is 5.91 Å². The van der Waals surface area contributed by atoms with Crippen molar-refractivity contribution in [2.75, 3.05) is 32.9 Å². The maximum Gasteiger partial charge on any atom is 0.219 e. The Balaban J connectivity index is 2.15. The number of nitrogens with zero attached hydrogens (tertiary/aromatic N) is 1. The van der Waals surface area contributed by atoms with Crippen LogP contribution in [0.2, 0.25) is 0 Å². The summed E-state index contributed by atoms with van der Waals surface area (Å²) in [6, 6.07) is 0.368. The third-order valence-corrected chi connectivity index (χ3v) is 4.52. The van der Waals surface area contributed by atoms with E-state index in [0.29, 0.717) is 25.6 Å². The number of piperidine rings is 1. The van der Waals surface area contributed by atoms with Crippen LogP contribution in [0, 0.1) is 0 Å². The summed E-state index contributed by atoms with van der Waals surface area (Å²) in [6.07, 6.45) is 4.28. The molecular formula is C11H23N3O3S. The quantitative estimate of drug-likeness (QED) is 0.643. The zero-order valence-electron chi connectivity index (χ0n) is 11.1. The van der Waals surface area contributed by atoms with Gasteiger partial charge in [0.05, 0.1) is 6.26 Å². The average Bonchev–Trinajstić information content (AvgIpc) is 2.33. The van der Waals surface area contributed by atoms with E-state index in [1.807, 2.05) is 0 Å². The van der Waals surface area contributed by atoms with E-state index < -0.39 is 10.0 Å². The highest BCUT2D eigenvalue weighted by Gasteiger charge is 2.24. The molecule has 0 unspecified atom stereocenters. The van der Waals surface area contributed by atoms with Crippen molar-refractivity contribution >= 4 is 15.9 Å². The van der Waals surface area contributed by atoms with Gasteiger partial charge in [-0.25, -0.2) is 12.7 Å². The molecule has 0 aromatic heterocycles. The summed E-state index contributed by atoms with van der Waals surface area (Å²) < 4.78 is 24.2. The highest BCUT2D eigenvalue weighted by atomic mass is 32.2. The third-order valence-electron chi connectivity index (χ3n) is 3.22. The van der Waals surface area contributed by atoms with Crippen LogP contribution in [0.4, 0.5) is 0 Å². The molecule has 0 aliphatic carbocycles. The first-order valence-corrected chi connectivity index (χ1v) is 8.17. The molecule has 0 aromatic rings. The molecule has 0 aromatic carbocycles. The first-order valence-electron chi connectivity index (χ1n) is 6.32. The van der Waals surface area contributed by atoms with E-state index in [2.05, 4.69) is 10.6 Å². The Bertz CT molecular complexity index is 362. The Morgan fingerprint density at radius 1 is 1.33 bits per heavy atom. The molecule has 0 spiro atoms. The lowest BCUT2D eigenvalue weighted by molar-refractivity contribution is -0.120. The number of rotatable bonds is 6. The Morgan fingerprint density at radius 2 is 1.94 bits per heavy atom. The van der Waals surface area contributed by atoms with Crippen LogP contribution < -0.4 is 10.6 Å². The maximum absolute atomic E-state index is 11.3. The van der Waals surface area contributed by atoms with Crippen LogP contribution in [0.15, 0.2) is 0 Å². The van der Waals surface area contributed by atoms with E-state index in [1.165, 1.54) is 10.6 Å². The van der Waals surface area contributed by atoms with Crippen molar-refractivity contribution in [3.63, 3.8) is 0 Å². The molecule has 0 radical (unpaired) electrons. The van der Waals surface area contributed by atoms with E-state index in [9.17, 15) is 13.2 Å². The van der Waals surface area contributed by atoms with Gasteiger partial charge in [-0.2, -0.15) is 0 Å². The first kappa shape index (κ1) is 15.4.